The summed E-state index contributed by atoms with van der Waals surface area (Å²) in [5.41, 5.74) is 0. The Morgan fingerprint density at radius 3 is 2.65 bits per heavy atom. The number of carbonyl (C=O) groups excluding carboxylic acids is 3. The van der Waals surface area contributed by atoms with Gasteiger partial charge >= 0.3 is 0 Å². The smallest absolute Gasteiger partial charge is 0.237 e. The summed E-state index contributed by atoms with van der Waals surface area (Å²) in [6.45, 7) is 7.41. The molecule has 7 heteroatoms. The summed E-state index contributed by atoms with van der Waals surface area (Å²) in [4.78, 5) is 38.0. The first-order valence-corrected chi connectivity index (χ1v) is 10.0. The van der Waals surface area contributed by atoms with Gasteiger partial charge in [-0.2, -0.15) is 0 Å². The second-order valence-corrected chi connectivity index (χ2v) is 7.94. The lowest BCUT2D eigenvalue weighted by molar-refractivity contribution is -0.133. The molecule has 0 aromatic rings. The lowest BCUT2D eigenvalue weighted by atomic mass is 9.97. The fourth-order valence-electron chi connectivity index (χ4n) is 3.64. The van der Waals surface area contributed by atoms with E-state index in [1.165, 1.54) is 0 Å². The van der Waals surface area contributed by atoms with Crippen molar-refractivity contribution in [2.75, 3.05) is 32.7 Å². The monoisotopic (exact) mass is 366 g/mol. The average Bonchev–Trinajstić information content (AvgIpc) is 3.14. The molecule has 0 radical (unpaired) electrons. The van der Waals surface area contributed by atoms with Crippen molar-refractivity contribution in [1.29, 1.82) is 0 Å². The van der Waals surface area contributed by atoms with E-state index in [1.807, 2.05) is 18.7 Å². The van der Waals surface area contributed by atoms with Crippen LogP contribution in [0.15, 0.2) is 0 Å². The minimum atomic E-state index is -0.0502. The number of likely N-dealkylation sites (tertiary alicyclic amines) is 1. The third kappa shape index (κ3) is 6.94. The van der Waals surface area contributed by atoms with Gasteiger partial charge in [0.05, 0.1) is 6.04 Å². The molecule has 2 atom stereocenters. The first-order chi connectivity index (χ1) is 12.5. The second-order valence-electron chi connectivity index (χ2n) is 7.94. The summed E-state index contributed by atoms with van der Waals surface area (Å²) in [5, 5.41) is 9.05. The molecule has 2 saturated heterocycles. The Morgan fingerprint density at radius 2 is 1.96 bits per heavy atom. The highest BCUT2D eigenvalue weighted by Crippen LogP contribution is 2.17. The maximum absolute atomic E-state index is 12.4. The van der Waals surface area contributed by atoms with Crippen LogP contribution in [-0.2, 0) is 14.4 Å². The van der Waals surface area contributed by atoms with E-state index in [2.05, 4.69) is 16.0 Å². The molecule has 7 nitrogen and oxygen atoms in total. The van der Waals surface area contributed by atoms with Crippen molar-refractivity contribution < 1.29 is 14.4 Å². The maximum Gasteiger partial charge on any atom is 0.237 e. The molecule has 0 aromatic heterocycles. The van der Waals surface area contributed by atoms with Crippen molar-refractivity contribution >= 4 is 17.7 Å². The number of hydrogen-bond donors (Lipinski definition) is 3. The quantitative estimate of drug-likeness (QED) is 0.588. The van der Waals surface area contributed by atoms with Crippen molar-refractivity contribution in [3.05, 3.63) is 0 Å². The molecular formula is C19H34N4O3. The van der Waals surface area contributed by atoms with Crippen LogP contribution in [0, 0.1) is 11.8 Å². The molecule has 3 N–H and O–H groups in total. The molecule has 0 aromatic carbocycles. The zero-order chi connectivity index (χ0) is 18.9. The normalized spacial score (nSPS) is 23.1. The van der Waals surface area contributed by atoms with Crippen LogP contribution in [0.1, 0.15) is 52.4 Å². The number of piperidine rings is 1. The van der Waals surface area contributed by atoms with E-state index in [0.29, 0.717) is 44.3 Å². The molecular weight excluding hydrogens is 332 g/mol. The zero-order valence-corrected chi connectivity index (χ0v) is 16.2. The fraction of sp³-hybridized carbons (Fsp3) is 0.842. The van der Waals surface area contributed by atoms with Gasteiger partial charge in [-0.1, -0.05) is 13.8 Å². The summed E-state index contributed by atoms with van der Waals surface area (Å²) in [7, 11) is 0. The van der Waals surface area contributed by atoms with Crippen molar-refractivity contribution in [2.45, 2.75) is 58.4 Å². The first-order valence-electron chi connectivity index (χ1n) is 10.0. The van der Waals surface area contributed by atoms with Gasteiger partial charge in [0.2, 0.25) is 17.7 Å². The largest absolute Gasteiger partial charge is 0.356 e. The van der Waals surface area contributed by atoms with Crippen LogP contribution in [0.25, 0.3) is 0 Å². The van der Waals surface area contributed by atoms with E-state index >= 15 is 0 Å². The molecule has 2 fully saturated rings. The molecule has 0 saturated carbocycles. The molecule has 2 aliphatic rings. The molecule has 2 unspecified atom stereocenters. The molecule has 0 aliphatic carbocycles. The van der Waals surface area contributed by atoms with Crippen LogP contribution in [-0.4, -0.2) is 61.4 Å². The molecule has 3 amide bonds. The Bertz CT molecular complexity index is 489. The van der Waals surface area contributed by atoms with Crippen molar-refractivity contribution in [1.82, 2.24) is 20.9 Å². The topological polar surface area (TPSA) is 90.5 Å². The predicted molar refractivity (Wildman–Crippen MR) is 100 cm³/mol. The SMILES string of the molecule is CC(C)CC(=O)NCCC(=O)N1CCCC(CNC(=O)C2CCCN2)C1. The van der Waals surface area contributed by atoms with Crippen LogP contribution in [0.3, 0.4) is 0 Å². The van der Waals surface area contributed by atoms with E-state index in [4.69, 9.17) is 0 Å². The van der Waals surface area contributed by atoms with Gasteiger partial charge in [0, 0.05) is 39.0 Å². The molecule has 2 heterocycles. The van der Waals surface area contributed by atoms with Crippen molar-refractivity contribution in [2.24, 2.45) is 11.8 Å². The van der Waals surface area contributed by atoms with Gasteiger partial charge in [-0.25, -0.2) is 0 Å². The Morgan fingerprint density at radius 1 is 1.15 bits per heavy atom. The second kappa shape index (κ2) is 10.5. The number of nitrogens with zero attached hydrogens (tertiary/aromatic N) is 1. The lowest BCUT2D eigenvalue weighted by Gasteiger charge is -2.33. The Balaban J connectivity index is 1.65. The number of amides is 3. The predicted octanol–water partition coefficient (Wildman–Crippen LogP) is 0.646. The molecule has 2 rings (SSSR count). The lowest BCUT2D eigenvalue weighted by Crippen LogP contribution is -2.47. The van der Waals surface area contributed by atoms with Gasteiger partial charge in [-0.15, -0.1) is 0 Å². The molecule has 2 aliphatic heterocycles. The average molecular weight is 367 g/mol. The number of rotatable bonds is 8. The van der Waals surface area contributed by atoms with Gasteiger partial charge in [0.25, 0.3) is 0 Å². The van der Waals surface area contributed by atoms with E-state index in [1.54, 1.807) is 0 Å². The van der Waals surface area contributed by atoms with Gasteiger partial charge in [-0.05, 0) is 44.1 Å². The molecule has 148 valence electrons. The van der Waals surface area contributed by atoms with Crippen LogP contribution in [0.5, 0.6) is 0 Å². The third-order valence-corrected chi connectivity index (χ3v) is 5.07. The maximum atomic E-state index is 12.4. The van der Waals surface area contributed by atoms with Gasteiger partial charge in [0.15, 0.2) is 0 Å². The number of hydrogen-bond acceptors (Lipinski definition) is 4. The minimum Gasteiger partial charge on any atom is -0.356 e. The Hall–Kier alpha value is -1.63. The highest BCUT2D eigenvalue weighted by molar-refractivity contribution is 5.82. The van der Waals surface area contributed by atoms with Crippen LogP contribution in [0.2, 0.25) is 0 Å². The number of nitrogens with one attached hydrogen (secondary N) is 3. The molecule has 0 bridgehead atoms. The summed E-state index contributed by atoms with van der Waals surface area (Å²) in [5.74, 6) is 0.812. The molecule has 26 heavy (non-hydrogen) atoms. The van der Waals surface area contributed by atoms with Gasteiger partial charge in [-0.3, -0.25) is 14.4 Å². The summed E-state index contributed by atoms with van der Waals surface area (Å²) in [6.07, 6.45) is 4.80. The highest BCUT2D eigenvalue weighted by atomic mass is 16.2. The fourth-order valence-corrected chi connectivity index (χ4v) is 3.64. The van der Waals surface area contributed by atoms with Crippen LogP contribution in [0.4, 0.5) is 0 Å². The summed E-state index contributed by atoms with van der Waals surface area (Å²) < 4.78 is 0. The first kappa shape index (κ1) is 20.7. The Labute approximate surface area is 156 Å². The van der Waals surface area contributed by atoms with Gasteiger partial charge in [0.1, 0.15) is 0 Å². The molecule has 0 spiro atoms. The van der Waals surface area contributed by atoms with E-state index in [9.17, 15) is 14.4 Å². The Kier molecular flexibility index (Phi) is 8.35. The third-order valence-electron chi connectivity index (χ3n) is 5.07. The van der Waals surface area contributed by atoms with Crippen molar-refractivity contribution in [3.63, 3.8) is 0 Å². The van der Waals surface area contributed by atoms with E-state index < -0.39 is 0 Å². The van der Waals surface area contributed by atoms with E-state index in [-0.39, 0.29) is 23.8 Å². The summed E-state index contributed by atoms with van der Waals surface area (Å²) in [6, 6.07) is -0.0502. The minimum absolute atomic E-state index is 0.00700. The highest BCUT2D eigenvalue weighted by Gasteiger charge is 2.26. The van der Waals surface area contributed by atoms with Crippen LogP contribution < -0.4 is 16.0 Å². The number of carbonyl (C=O) groups is 3. The zero-order valence-electron chi connectivity index (χ0n) is 16.2. The standard InChI is InChI=1S/C19H34N4O3/c1-14(2)11-17(24)21-9-7-18(25)23-10-4-5-15(13-23)12-22-19(26)16-6-3-8-20-16/h14-16,20H,3-13H2,1-2H3,(H,21,24)(H,22,26). The van der Waals surface area contributed by atoms with Crippen molar-refractivity contribution in [3.8, 4) is 0 Å². The van der Waals surface area contributed by atoms with Crippen LogP contribution >= 0.6 is 0 Å². The van der Waals surface area contributed by atoms with E-state index in [0.717, 1.165) is 38.8 Å². The summed E-state index contributed by atoms with van der Waals surface area (Å²) >= 11 is 0. The van der Waals surface area contributed by atoms with Gasteiger partial charge < -0.3 is 20.9 Å².